The number of nitrogens with one attached hydrogen (secondary N) is 1. The Morgan fingerprint density at radius 1 is 0.912 bits per heavy atom. The first-order valence-electron chi connectivity index (χ1n) is 11.0. The highest BCUT2D eigenvalue weighted by Gasteiger charge is 2.41. The lowest BCUT2D eigenvalue weighted by Crippen LogP contribution is -2.36. The third-order valence-corrected chi connectivity index (χ3v) is 6.48. The summed E-state index contributed by atoms with van der Waals surface area (Å²) in [6, 6.07) is 14.5. The van der Waals surface area contributed by atoms with Gasteiger partial charge in [0.15, 0.2) is 5.78 Å². The fourth-order valence-electron chi connectivity index (χ4n) is 4.91. The number of ether oxygens (including phenoxy) is 3. The van der Waals surface area contributed by atoms with Crippen LogP contribution in [0.25, 0.3) is 0 Å². The first-order chi connectivity index (χ1) is 16.4. The Bertz CT molecular complexity index is 1210. The molecule has 0 saturated heterocycles. The molecule has 0 amide bonds. The molecule has 2 atom stereocenters. The van der Waals surface area contributed by atoms with Gasteiger partial charge in [0.05, 0.1) is 32.5 Å². The zero-order chi connectivity index (χ0) is 24.4. The van der Waals surface area contributed by atoms with E-state index in [1.54, 1.807) is 31.4 Å². The number of hydrogen-bond donors (Lipinski definition) is 1. The highest BCUT2D eigenvalue weighted by atomic mass is 16.5. The summed E-state index contributed by atoms with van der Waals surface area (Å²) in [4.78, 5) is 38.3. The molecule has 0 unspecified atom stereocenters. The molecule has 0 spiro atoms. The monoisotopic (exact) mass is 461 g/mol. The van der Waals surface area contributed by atoms with Crippen molar-refractivity contribution in [3.63, 3.8) is 0 Å². The van der Waals surface area contributed by atoms with E-state index >= 15 is 0 Å². The van der Waals surface area contributed by atoms with Crippen molar-refractivity contribution >= 4 is 17.7 Å². The van der Waals surface area contributed by atoms with Gasteiger partial charge in [0, 0.05) is 35.2 Å². The fraction of sp³-hybridized carbons (Fsp3) is 0.296. The van der Waals surface area contributed by atoms with Crippen LogP contribution >= 0.6 is 0 Å². The van der Waals surface area contributed by atoms with Gasteiger partial charge < -0.3 is 19.5 Å². The van der Waals surface area contributed by atoms with Gasteiger partial charge in [-0.2, -0.15) is 0 Å². The minimum atomic E-state index is -0.596. The molecular weight excluding hydrogens is 434 g/mol. The number of hydrogen-bond acceptors (Lipinski definition) is 7. The van der Waals surface area contributed by atoms with Gasteiger partial charge in [-0.1, -0.05) is 30.3 Å². The van der Waals surface area contributed by atoms with Crippen molar-refractivity contribution in [1.29, 1.82) is 0 Å². The number of ketones is 1. The Morgan fingerprint density at radius 3 is 2.24 bits per heavy atom. The summed E-state index contributed by atoms with van der Waals surface area (Å²) in [7, 11) is 4.27. The van der Waals surface area contributed by atoms with Gasteiger partial charge in [0.2, 0.25) is 0 Å². The minimum absolute atomic E-state index is 0.0411. The second-order valence-electron chi connectivity index (χ2n) is 8.36. The number of para-hydroxylation sites is 1. The molecule has 2 aromatic carbocycles. The summed E-state index contributed by atoms with van der Waals surface area (Å²) in [6.45, 7) is 1.81. The summed E-state index contributed by atoms with van der Waals surface area (Å²) in [6.07, 6.45) is 0.898. The van der Waals surface area contributed by atoms with Crippen LogP contribution in [0.15, 0.2) is 71.1 Å². The van der Waals surface area contributed by atoms with Crippen LogP contribution < -0.4 is 10.1 Å². The smallest absolute Gasteiger partial charge is 0.337 e. The summed E-state index contributed by atoms with van der Waals surface area (Å²) in [5.74, 6) is -0.896. The van der Waals surface area contributed by atoms with Gasteiger partial charge in [-0.25, -0.2) is 9.59 Å². The Labute approximate surface area is 198 Å². The van der Waals surface area contributed by atoms with Crippen molar-refractivity contribution in [2.45, 2.75) is 31.6 Å². The number of carbonyl (C=O) groups is 3. The number of allylic oxidation sites excluding steroid dienone is 3. The van der Waals surface area contributed by atoms with Crippen molar-refractivity contribution in [1.82, 2.24) is 5.32 Å². The van der Waals surface area contributed by atoms with E-state index < -0.39 is 17.9 Å². The van der Waals surface area contributed by atoms with Gasteiger partial charge >= 0.3 is 11.9 Å². The molecule has 1 heterocycles. The Hall–Kier alpha value is -3.87. The molecule has 7 heteroatoms. The predicted molar refractivity (Wildman–Crippen MR) is 125 cm³/mol. The van der Waals surface area contributed by atoms with E-state index in [4.69, 9.17) is 14.2 Å². The van der Waals surface area contributed by atoms with E-state index in [1.807, 2.05) is 31.2 Å². The molecular formula is C27H27NO6. The van der Waals surface area contributed by atoms with E-state index in [2.05, 4.69) is 5.32 Å². The molecule has 0 fully saturated rings. The van der Waals surface area contributed by atoms with E-state index in [0.29, 0.717) is 35.2 Å². The van der Waals surface area contributed by atoms with Crippen LogP contribution in [0.3, 0.4) is 0 Å². The normalized spacial score (nSPS) is 19.8. The van der Waals surface area contributed by atoms with Crippen molar-refractivity contribution in [3.05, 3.63) is 87.8 Å². The molecule has 1 aliphatic heterocycles. The standard InChI is InChI=1S/C27H27NO6/c1-15-23(27(31)34-4)24(16-9-11-17(12-10-16)26(30)33-3)25-20(28-15)13-18(14-21(25)29)19-7-5-6-8-22(19)32-2/h5-12,18,24,28H,13-14H2,1-4H3/t18-,24+/m1/s1. The Morgan fingerprint density at radius 2 is 1.59 bits per heavy atom. The van der Waals surface area contributed by atoms with Crippen LogP contribution in [0, 0.1) is 0 Å². The molecule has 7 nitrogen and oxygen atoms in total. The average molecular weight is 462 g/mol. The number of dihydropyridines is 1. The third-order valence-electron chi connectivity index (χ3n) is 6.48. The molecule has 0 radical (unpaired) electrons. The lowest BCUT2D eigenvalue weighted by Gasteiger charge is -2.36. The van der Waals surface area contributed by atoms with Crippen LogP contribution in [0.5, 0.6) is 5.75 Å². The first-order valence-corrected chi connectivity index (χ1v) is 11.0. The fourth-order valence-corrected chi connectivity index (χ4v) is 4.91. The Balaban J connectivity index is 1.79. The second kappa shape index (κ2) is 9.55. The van der Waals surface area contributed by atoms with Crippen molar-refractivity contribution in [3.8, 4) is 5.75 Å². The largest absolute Gasteiger partial charge is 0.496 e. The van der Waals surface area contributed by atoms with Crippen LogP contribution in [0.2, 0.25) is 0 Å². The van der Waals surface area contributed by atoms with Gasteiger partial charge in [0.1, 0.15) is 5.75 Å². The Kier molecular flexibility index (Phi) is 6.54. The van der Waals surface area contributed by atoms with Crippen molar-refractivity contribution < 1.29 is 28.6 Å². The molecule has 4 rings (SSSR count). The zero-order valence-electron chi connectivity index (χ0n) is 19.6. The van der Waals surface area contributed by atoms with E-state index in [9.17, 15) is 14.4 Å². The molecule has 0 aromatic heterocycles. The number of Topliss-reactive ketones (excluding diaryl/α,β-unsaturated/α-hetero) is 1. The summed E-state index contributed by atoms with van der Waals surface area (Å²) in [5, 5.41) is 3.31. The molecule has 2 aromatic rings. The predicted octanol–water partition coefficient (Wildman–Crippen LogP) is 4.02. The van der Waals surface area contributed by atoms with E-state index in [1.165, 1.54) is 14.2 Å². The van der Waals surface area contributed by atoms with Crippen molar-refractivity contribution in [2.24, 2.45) is 0 Å². The molecule has 1 aliphatic carbocycles. The lowest BCUT2D eigenvalue weighted by molar-refractivity contribution is -0.136. The van der Waals surface area contributed by atoms with Crippen LogP contribution in [-0.4, -0.2) is 39.1 Å². The molecule has 0 bridgehead atoms. The highest BCUT2D eigenvalue weighted by molar-refractivity contribution is 6.04. The summed E-state index contributed by atoms with van der Waals surface area (Å²) < 4.78 is 15.4. The number of methoxy groups -OCH3 is 3. The first kappa shape index (κ1) is 23.3. The van der Waals surface area contributed by atoms with Crippen LogP contribution in [0.1, 0.15) is 53.1 Å². The van der Waals surface area contributed by atoms with Crippen LogP contribution in [0.4, 0.5) is 0 Å². The number of carbonyl (C=O) groups excluding carboxylic acids is 3. The molecule has 34 heavy (non-hydrogen) atoms. The third kappa shape index (κ3) is 4.09. The van der Waals surface area contributed by atoms with Crippen LogP contribution in [-0.2, 0) is 19.1 Å². The van der Waals surface area contributed by atoms with E-state index in [0.717, 1.165) is 22.6 Å². The number of rotatable bonds is 5. The van der Waals surface area contributed by atoms with E-state index in [-0.39, 0.29) is 11.7 Å². The van der Waals surface area contributed by atoms with Gasteiger partial charge in [0.25, 0.3) is 0 Å². The number of esters is 2. The van der Waals surface area contributed by atoms with Gasteiger partial charge in [-0.15, -0.1) is 0 Å². The maximum Gasteiger partial charge on any atom is 0.337 e. The maximum absolute atomic E-state index is 13.6. The SMILES string of the molecule is COC(=O)C1=C(C)NC2=C(C(=O)C[C@H](c3ccccc3OC)C2)[C@H]1c1ccc(C(=O)OC)cc1. The quantitative estimate of drug-likeness (QED) is 0.673. The zero-order valence-corrected chi connectivity index (χ0v) is 19.6. The highest BCUT2D eigenvalue weighted by Crippen LogP contribution is 2.46. The second-order valence-corrected chi connectivity index (χ2v) is 8.36. The average Bonchev–Trinajstić information content (AvgIpc) is 2.86. The van der Waals surface area contributed by atoms with Gasteiger partial charge in [-0.3, -0.25) is 4.79 Å². The molecule has 2 aliphatic rings. The van der Waals surface area contributed by atoms with Gasteiger partial charge in [-0.05, 0) is 42.7 Å². The topological polar surface area (TPSA) is 90.9 Å². The number of benzene rings is 2. The molecule has 0 saturated carbocycles. The maximum atomic E-state index is 13.6. The molecule has 1 N–H and O–H groups in total. The van der Waals surface area contributed by atoms with Crippen molar-refractivity contribution in [2.75, 3.05) is 21.3 Å². The minimum Gasteiger partial charge on any atom is -0.496 e. The molecule has 176 valence electrons. The summed E-state index contributed by atoms with van der Waals surface area (Å²) in [5.41, 5.74) is 4.47. The summed E-state index contributed by atoms with van der Waals surface area (Å²) >= 11 is 0. The lowest BCUT2D eigenvalue weighted by atomic mass is 9.71.